The minimum atomic E-state index is 0.666. The van der Waals surface area contributed by atoms with Crippen molar-refractivity contribution in [3.8, 4) is 101 Å². The van der Waals surface area contributed by atoms with Crippen molar-refractivity contribution >= 4 is 32.8 Å². The van der Waals surface area contributed by atoms with Crippen LogP contribution in [0.1, 0.15) is 0 Å². The molecule has 0 spiro atoms. The van der Waals surface area contributed by atoms with E-state index in [2.05, 4.69) is 264 Å². The maximum Gasteiger partial charge on any atom is 0.161 e. The highest BCUT2D eigenvalue weighted by Crippen LogP contribution is 2.39. The molecule has 0 radical (unpaired) electrons. The van der Waals surface area contributed by atoms with Gasteiger partial charge in [-0.25, -0.2) is 19.9 Å². The van der Waals surface area contributed by atoms with Crippen molar-refractivity contribution in [2.75, 3.05) is 0 Å². The van der Waals surface area contributed by atoms with Gasteiger partial charge in [-0.05, 0) is 117 Å². The third-order valence-electron chi connectivity index (χ3n) is 14.4. The molecule has 0 aliphatic heterocycles. The van der Waals surface area contributed by atoms with Crippen LogP contribution in [0.2, 0.25) is 0 Å². The van der Waals surface area contributed by atoms with Crippen LogP contribution >= 0.6 is 0 Å². The van der Waals surface area contributed by atoms with Gasteiger partial charge in [0.15, 0.2) is 5.82 Å². The van der Waals surface area contributed by atoms with Gasteiger partial charge in [-0.15, -0.1) is 0 Å². The molecule has 0 saturated heterocycles. The number of aromatic nitrogens is 6. The Balaban J connectivity index is 0.929. The van der Waals surface area contributed by atoms with Crippen molar-refractivity contribution in [1.29, 1.82) is 0 Å². The number of fused-ring (bicyclic) bond motifs is 3. The van der Waals surface area contributed by atoms with Gasteiger partial charge in [0.05, 0.1) is 33.5 Å². The van der Waals surface area contributed by atoms with Crippen LogP contribution in [-0.4, -0.2) is 29.1 Å². The summed E-state index contributed by atoms with van der Waals surface area (Å²) >= 11 is 0. The largest absolute Gasteiger partial charge is 0.292 e. The molecule has 3 heterocycles. The Morgan fingerprint density at radius 3 is 1.20 bits per heavy atom. The predicted molar refractivity (Wildman–Crippen MR) is 312 cm³/mol. The fourth-order valence-electron chi connectivity index (χ4n) is 10.6. The summed E-state index contributed by atoms with van der Waals surface area (Å²) in [5.74, 6) is 2.45. The number of benzene rings is 11. The lowest BCUT2D eigenvalue weighted by atomic mass is 9.93. The van der Waals surface area contributed by atoms with E-state index < -0.39 is 0 Å². The molecule has 0 aliphatic rings. The smallest absolute Gasteiger partial charge is 0.161 e. The summed E-state index contributed by atoms with van der Waals surface area (Å²) in [5, 5.41) is 2.24. The van der Waals surface area contributed by atoms with E-state index in [0.717, 1.165) is 123 Å². The third-order valence-corrected chi connectivity index (χ3v) is 14.4. The van der Waals surface area contributed by atoms with Crippen molar-refractivity contribution in [2.24, 2.45) is 0 Å². The molecule has 76 heavy (non-hydrogen) atoms. The lowest BCUT2D eigenvalue weighted by Gasteiger charge is -2.15. The molecule has 0 atom stereocenters. The van der Waals surface area contributed by atoms with Gasteiger partial charge in [0.25, 0.3) is 0 Å². The Morgan fingerprint density at radius 1 is 0.250 bits per heavy atom. The zero-order valence-corrected chi connectivity index (χ0v) is 41.2. The molecule has 14 aromatic rings. The summed E-state index contributed by atoms with van der Waals surface area (Å²) in [6.45, 7) is 0. The molecule has 14 rings (SSSR count). The molecule has 6 nitrogen and oxygen atoms in total. The van der Waals surface area contributed by atoms with Crippen LogP contribution in [0.15, 0.2) is 279 Å². The SMILES string of the molecule is c1ccc(-c2ccc(-c3cc(-c4cc(-c5ccc(-c6nc7ccccc7n6-c6ccccc6)cc5)cc(-c5ccc(-c6nc7ccccc7n6-c6ccccc6)cc5)c4)nc(-c4cccc5ccccc45)n3)cc2)cc1. The van der Waals surface area contributed by atoms with E-state index in [-0.39, 0.29) is 0 Å². The second-order valence-electron chi connectivity index (χ2n) is 19.1. The average Bonchev–Trinajstić information content (AvgIpc) is 4.13. The number of para-hydroxylation sites is 6. The molecule has 0 saturated carbocycles. The number of rotatable bonds is 10. The highest BCUT2D eigenvalue weighted by Gasteiger charge is 2.19. The monoisotopic (exact) mass is 970 g/mol. The lowest BCUT2D eigenvalue weighted by Crippen LogP contribution is -1.98. The van der Waals surface area contributed by atoms with Crippen molar-refractivity contribution < 1.29 is 0 Å². The van der Waals surface area contributed by atoms with Gasteiger partial charge in [-0.1, -0.05) is 206 Å². The fourth-order valence-corrected chi connectivity index (χ4v) is 10.6. The molecule has 0 unspecified atom stereocenters. The van der Waals surface area contributed by atoms with E-state index in [4.69, 9.17) is 19.9 Å². The summed E-state index contributed by atoms with van der Waals surface area (Å²) < 4.78 is 4.49. The molecule has 6 heteroatoms. The van der Waals surface area contributed by atoms with Crippen LogP contribution in [-0.2, 0) is 0 Å². The molecule has 0 N–H and O–H groups in total. The summed E-state index contributed by atoms with van der Waals surface area (Å²) in [4.78, 5) is 21.2. The highest BCUT2D eigenvalue weighted by atomic mass is 15.1. The van der Waals surface area contributed by atoms with Gasteiger partial charge in [0, 0.05) is 39.2 Å². The Morgan fingerprint density at radius 2 is 0.645 bits per heavy atom. The van der Waals surface area contributed by atoms with Gasteiger partial charge < -0.3 is 0 Å². The van der Waals surface area contributed by atoms with Crippen LogP contribution < -0.4 is 0 Å². The second kappa shape index (κ2) is 19.0. The Kier molecular flexibility index (Phi) is 11.1. The van der Waals surface area contributed by atoms with Crippen molar-refractivity contribution in [2.45, 2.75) is 0 Å². The minimum Gasteiger partial charge on any atom is -0.292 e. The van der Waals surface area contributed by atoms with Crippen LogP contribution in [0.4, 0.5) is 0 Å². The molecule has 0 fully saturated rings. The number of hydrogen-bond acceptors (Lipinski definition) is 4. The summed E-state index contributed by atoms with van der Waals surface area (Å²) in [6.07, 6.45) is 0. The van der Waals surface area contributed by atoms with E-state index in [1.165, 1.54) is 5.56 Å². The van der Waals surface area contributed by atoms with Gasteiger partial charge in [-0.2, -0.15) is 0 Å². The Labute approximate surface area is 440 Å². The molecule has 0 amide bonds. The van der Waals surface area contributed by atoms with E-state index in [1.807, 2.05) is 24.3 Å². The van der Waals surface area contributed by atoms with E-state index in [1.54, 1.807) is 0 Å². The van der Waals surface area contributed by atoms with Gasteiger partial charge in [-0.3, -0.25) is 9.13 Å². The topological polar surface area (TPSA) is 61.4 Å². The van der Waals surface area contributed by atoms with Crippen LogP contribution in [0, 0.1) is 0 Å². The van der Waals surface area contributed by atoms with Gasteiger partial charge >= 0.3 is 0 Å². The van der Waals surface area contributed by atoms with Crippen molar-refractivity contribution in [3.05, 3.63) is 279 Å². The number of hydrogen-bond donors (Lipinski definition) is 0. The van der Waals surface area contributed by atoms with Crippen LogP contribution in [0.25, 0.3) is 134 Å². The molecular formula is C70H46N6. The fraction of sp³-hybridized carbons (Fsp3) is 0. The number of nitrogens with zero attached hydrogens (tertiary/aromatic N) is 6. The van der Waals surface area contributed by atoms with Crippen molar-refractivity contribution in [1.82, 2.24) is 29.1 Å². The van der Waals surface area contributed by atoms with E-state index in [9.17, 15) is 0 Å². The van der Waals surface area contributed by atoms with Gasteiger partial charge in [0.1, 0.15) is 11.6 Å². The quantitative estimate of drug-likeness (QED) is 0.137. The molecule has 356 valence electrons. The maximum absolute atomic E-state index is 5.48. The minimum absolute atomic E-state index is 0.666. The summed E-state index contributed by atoms with van der Waals surface area (Å²) in [6, 6.07) is 98.2. The molecular weight excluding hydrogens is 925 g/mol. The first kappa shape index (κ1) is 44.4. The first-order chi connectivity index (χ1) is 37.6. The highest BCUT2D eigenvalue weighted by molar-refractivity contribution is 5.96. The standard InChI is InChI=1S/C70H46N6/c1-4-17-47(18-5-1)48-31-37-52(38-32-48)64-46-65(72-68(71-64)61-26-16-20-51-19-10-11-25-60(51)61)57-44-55(49-33-39-53(40-34-49)69-73-62-27-12-14-29-66(62)75(69)58-21-6-2-7-22-58)43-56(45-57)50-35-41-54(42-36-50)70-74-63-28-13-15-30-67(63)76(70)59-23-8-3-9-24-59/h1-46H. The molecule has 3 aromatic heterocycles. The Hall–Kier alpha value is -10.3. The van der Waals surface area contributed by atoms with E-state index >= 15 is 0 Å². The van der Waals surface area contributed by atoms with Crippen LogP contribution in [0.5, 0.6) is 0 Å². The predicted octanol–water partition coefficient (Wildman–Crippen LogP) is 17.6. The zero-order chi connectivity index (χ0) is 50.4. The number of imidazole rings is 2. The maximum atomic E-state index is 5.48. The Bertz CT molecular complexity index is 4230. The first-order valence-electron chi connectivity index (χ1n) is 25.6. The third kappa shape index (κ3) is 8.21. The van der Waals surface area contributed by atoms with Crippen molar-refractivity contribution in [3.63, 3.8) is 0 Å². The second-order valence-corrected chi connectivity index (χ2v) is 19.1. The lowest BCUT2D eigenvalue weighted by molar-refractivity contribution is 1.10. The molecule has 11 aromatic carbocycles. The molecule has 0 bridgehead atoms. The molecule has 0 aliphatic carbocycles. The average molecular weight is 971 g/mol. The normalized spacial score (nSPS) is 11.4. The van der Waals surface area contributed by atoms with E-state index in [0.29, 0.717) is 5.82 Å². The van der Waals surface area contributed by atoms with Crippen LogP contribution in [0.3, 0.4) is 0 Å². The summed E-state index contributed by atoms with van der Waals surface area (Å²) in [7, 11) is 0. The van der Waals surface area contributed by atoms with Gasteiger partial charge in [0.2, 0.25) is 0 Å². The zero-order valence-electron chi connectivity index (χ0n) is 41.2. The first-order valence-corrected chi connectivity index (χ1v) is 25.6. The summed E-state index contributed by atoms with van der Waals surface area (Å²) in [5.41, 5.74) is 19.4.